The second-order valence-electron chi connectivity index (χ2n) is 4.34. The van der Waals surface area contributed by atoms with Crippen molar-refractivity contribution in [2.75, 3.05) is 13.1 Å². The Balaban J connectivity index is 2.18. The summed E-state index contributed by atoms with van der Waals surface area (Å²) in [5, 5.41) is 9.31. The van der Waals surface area contributed by atoms with Crippen LogP contribution in [0.25, 0.3) is 10.9 Å². The summed E-state index contributed by atoms with van der Waals surface area (Å²) in [5.41, 5.74) is 2.36. The van der Waals surface area contributed by atoms with Crippen LogP contribution in [0.3, 0.4) is 0 Å². The number of halogens is 1. The molecule has 1 unspecified atom stereocenters. The molecule has 4 heteroatoms. The van der Waals surface area contributed by atoms with Crippen molar-refractivity contribution in [1.29, 1.82) is 0 Å². The van der Waals surface area contributed by atoms with E-state index >= 15 is 0 Å². The fourth-order valence-electron chi connectivity index (χ4n) is 2.39. The smallest absolute Gasteiger partial charge is 0.0689 e. The second kappa shape index (κ2) is 3.86. The lowest BCUT2D eigenvalue weighted by Gasteiger charge is -2.10. The lowest BCUT2D eigenvalue weighted by Crippen LogP contribution is -2.14. The summed E-state index contributed by atoms with van der Waals surface area (Å²) in [7, 11) is 0. The Labute approximate surface area is 103 Å². The number of nitrogens with one attached hydrogen (secondary N) is 1. The minimum absolute atomic E-state index is 0.511. The lowest BCUT2D eigenvalue weighted by atomic mass is 10.2. The van der Waals surface area contributed by atoms with Crippen molar-refractivity contribution in [3.05, 3.63) is 28.4 Å². The van der Waals surface area contributed by atoms with Gasteiger partial charge in [0.05, 0.1) is 17.3 Å². The van der Waals surface area contributed by atoms with E-state index in [2.05, 4.69) is 56.2 Å². The number of aromatic nitrogens is 2. The fraction of sp³-hybridized carbons (Fsp3) is 0.417. The molecule has 3 nitrogen and oxygen atoms in total. The van der Waals surface area contributed by atoms with Gasteiger partial charge in [-0.2, -0.15) is 5.10 Å². The molecule has 1 fully saturated rings. The highest BCUT2D eigenvalue weighted by Crippen LogP contribution is 2.26. The first-order valence-corrected chi connectivity index (χ1v) is 6.40. The summed E-state index contributed by atoms with van der Waals surface area (Å²) in [4.78, 5) is 0. The van der Waals surface area contributed by atoms with E-state index in [0.717, 1.165) is 23.3 Å². The van der Waals surface area contributed by atoms with Gasteiger partial charge in [0, 0.05) is 16.4 Å². The van der Waals surface area contributed by atoms with Crippen molar-refractivity contribution in [2.45, 2.75) is 19.4 Å². The van der Waals surface area contributed by atoms with Crippen LogP contribution in [0.5, 0.6) is 0 Å². The minimum atomic E-state index is 0.511. The summed E-state index contributed by atoms with van der Waals surface area (Å²) >= 11 is 3.51. The van der Waals surface area contributed by atoms with Crippen LogP contribution in [0.1, 0.15) is 18.2 Å². The van der Waals surface area contributed by atoms with Gasteiger partial charge in [-0.25, -0.2) is 0 Å². The zero-order chi connectivity index (χ0) is 11.1. The molecule has 0 radical (unpaired) electrons. The largest absolute Gasteiger partial charge is 0.315 e. The van der Waals surface area contributed by atoms with Gasteiger partial charge < -0.3 is 5.32 Å². The first-order valence-electron chi connectivity index (χ1n) is 5.61. The first kappa shape index (κ1) is 10.3. The van der Waals surface area contributed by atoms with Crippen LogP contribution in [0.2, 0.25) is 0 Å². The van der Waals surface area contributed by atoms with Crippen LogP contribution in [0, 0.1) is 6.92 Å². The number of rotatable bonds is 1. The maximum absolute atomic E-state index is 4.67. The number of hydrogen-bond donors (Lipinski definition) is 1. The van der Waals surface area contributed by atoms with Gasteiger partial charge in [0.1, 0.15) is 0 Å². The molecule has 0 spiro atoms. The molecule has 1 atom stereocenters. The van der Waals surface area contributed by atoms with Gasteiger partial charge in [-0.3, -0.25) is 4.68 Å². The predicted octanol–water partition coefficient (Wildman–Crippen LogP) is 2.64. The Morgan fingerprint density at radius 2 is 2.38 bits per heavy atom. The number of benzene rings is 1. The van der Waals surface area contributed by atoms with E-state index < -0.39 is 0 Å². The van der Waals surface area contributed by atoms with Crippen LogP contribution in [0.4, 0.5) is 0 Å². The molecule has 1 saturated heterocycles. The van der Waals surface area contributed by atoms with E-state index in [9.17, 15) is 0 Å². The highest BCUT2D eigenvalue weighted by molar-refractivity contribution is 9.10. The monoisotopic (exact) mass is 279 g/mol. The highest BCUT2D eigenvalue weighted by atomic mass is 79.9. The van der Waals surface area contributed by atoms with E-state index in [-0.39, 0.29) is 0 Å². The second-order valence-corrected chi connectivity index (χ2v) is 5.25. The van der Waals surface area contributed by atoms with Gasteiger partial charge in [-0.1, -0.05) is 15.9 Å². The number of hydrogen-bond acceptors (Lipinski definition) is 2. The van der Waals surface area contributed by atoms with E-state index in [1.165, 1.54) is 17.3 Å². The molecule has 1 aromatic carbocycles. The summed E-state index contributed by atoms with van der Waals surface area (Å²) in [6.45, 7) is 4.21. The normalized spacial score (nSPS) is 20.8. The fourth-order valence-corrected chi connectivity index (χ4v) is 2.75. The molecule has 1 aromatic heterocycles. The highest BCUT2D eigenvalue weighted by Gasteiger charge is 2.20. The van der Waals surface area contributed by atoms with Gasteiger partial charge in [-0.05, 0) is 38.1 Å². The lowest BCUT2D eigenvalue weighted by molar-refractivity contribution is 0.503. The van der Waals surface area contributed by atoms with Crippen molar-refractivity contribution in [2.24, 2.45) is 0 Å². The molecule has 1 aliphatic heterocycles. The standard InChI is InChI=1S/C12H14BrN3/c1-8-11-6-9(13)2-3-12(11)16(15-8)10-4-5-14-7-10/h2-3,6,10,14H,4-5,7H2,1H3. The Morgan fingerprint density at radius 3 is 3.12 bits per heavy atom. The van der Waals surface area contributed by atoms with E-state index in [1.807, 2.05) is 0 Å². The Kier molecular flexibility index (Phi) is 2.48. The van der Waals surface area contributed by atoms with Gasteiger partial charge in [0.25, 0.3) is 0 Å². The van der Waals surface area contributed by atoms with Crippen molar-refractivity contribution in [1.82, 2.24) is 15.1 Å². The van der Waals surface area contributed by atoms with E-state index in [4.69, 9.17) is 0 Å². The zero-order valence-corrected chi connectivity index (χ0v) is 10.8. The molecule has 0 saturated carbocycles. The molecule has 2 aromatic rings. The van der Waals surface area contributed by atoms with Crippen LogP contribution >= 0.6 is 15.9 Å². The molecule has 16 heavy (non-hydrogen) atoms. The SMILES string of the molecule is Cc1nn(C2CCNC2)c2ccc(Br)cc12. The molecule has 84 valence electrons. The third-order valence-electron chi connectivity index (χ3n) is 3.23. The van der Waals surface area contributed by atoms with Gasteiger partial charge in [0.15, 0.2) is 0 Å². The van der Waals surface area contributed by atoms with Crippen molar-refractivity contribution in [3.8, 4) is 0 Å². The van der Waals surface area contributed by atoms with Crippen LogP contribution < -0.4 is 5.32 Å². The van der Waals surface area contributed by atoms with Gasteiger partial charge in [-0.15, -0.1) is 0 Å². The molecule has 0 aliphatic carbocycles. The molecule has 3 rings (SSSR count). The minimum Gasteiger partial charge on any atom is -0.315 e. The van der Waals surface area contributed by atoms with Gasteiger partial charge in [0.2, 0.25) is 0 Å². The maximum Gasteiger partial charge on any atom is 0.0689 e. The Bertz CT molecular complexity index is 526. The van der Waals surface area contributed by atoms with Crippen LogP contribution in [0.15, 0.2) is 22.7 Å². The number of fused-ring (bicyclic) bond motifs is 1. The Hall–Kier alpha value is -0.870. The molecule has 0 bridgehead atoms. The zero-order valence-electron chi connectivity index (χ0n) is 9.20. The van der Waals surface area contributed by atoms with Gasteiger partial charge >= 0.3 is 0 Å². The molecule has 2 heterocycles. The number of aryl methyl sites for hydroxylation is 1. The average Bonchev–Trinajstić information content (AvgIpc) is 2.87. The predicted molar refractivity (Wildman–Crippen MR) is 68.7 cm³/mol. The maximum atomic E-state index is 4.67. The third kappa shape index (κ3) is 1.57. The third-order valence-corrected chi connectivity index (χ3v) is 3.73. The molecule has 1 N–H and O–H groups in total. The first-order chi connectivity index (χ1) is 7.75. The van der Waals surface area contributed by atoms with E-state index in [1.54, 1.807) is 0 Å². The summed E-state index contributed by atoms with van der Waals surface area (Å²) < 4.78 is 3.30. The average molecular weight is 280 g/mol. The van der Waals surface area contributed by atoms with Crippen molar-refractivity contribution in [3.63, 3.8) is 0 Å². The summed E-state index contributed by atoms with van der Waals surface area (Å²) in [6, 6.07) is 6.90. The molecule has 1 aliphatic rings. The molecule has 0 amide bonds. The summed E-state index contributed by atoms with van der Waals surface area (Å²) in [5.74, 6) is 0. The molecular formula is C12H14BrN3. The number of nitrogens with zero attached hydrogens (tertiary/aromatic N) is 2. The molecular weight excluding hydrogens is 266 g/mol. The summed E-state index contributed by atoms with van der Waals surface area (Å²) in [6.07, 6.45) is 1.17. The topological polar surface area (TPSA) is 29.9 Å². The Morgan fingerprint density at radius 1 is 1.50 bits per heavy atom. The van der Waals surface area contributed by atoms with Crippen molar-refractivity contribution >= 4 is 26.8 Å². The van der Waals surface area contributed by atoms with Crippen molar-refractivity contribution < 1.29 is 0 Å². The van der Waals surface area contributed by atoms with Crippen LogP contribution in [-0.2, 0) is 0 Å². The van der Waals surface area contributed by atoms with E-state index in [0.29, 0.717) is 6.04 Å². The quantitative estimate of drug-likeness (QED) is 0.870. The van der Waals surface area contributed by atoms with Crippen LogP contribution in [-0.4, -0.2) is 22.9 Å².